The van der Waals surface area contributed by atoms with Crippen LogP contribution < -0.4 is 11.1 Å². The van der Waals surface area contributed by atoms with Gasteiger partial charge < -0.3 is 11.1 Å². The van der Waals surface area contributed by atoms with E-state index in [2.05, 4.69) is 5.32 Å². The number of benzene rings is 1. The molecule has 0 fully saturated rings. The van der Waals surface area contributed by atoms with Gasteiger partial charge in [0, 0.05) is 0 Å². The summed E-state index contributed by atoms with van der Waals surface area (Å²) in [6.07, 6.45) is 0. The van der Waals surface area contributed by atoms with Gasteiger partial charge in [-0.15, -0.1) is 11.3 Å². The monoisotopic (exact) mass is 310 g/mol. The molecule has 0 saturated heterocycles. The Morgan fingerprint density at radius 3 is 2.47 bits per heavy atom. The van der Waals surface area contributed by atoms with E-state index in [1.54, 1.807) is 12.1 Å². The first-order valence-electron chi connectivity index (χ1n) is 5.48. The molecule has 1 amide bonds. The molecular weight excluding hydrogens is 300 g/mol. The summed E-state index contributed by atoms with van der Waals surface area (Å²) in [5.41, 5.74) is 6.55. The molecule has 1 heterocycles. The number of thiocarbonyl (C=S) groups is 1. The van der Waals surface area contributed by atoms with Gasteiger partial charge in [-0.3, -0.25) is 4.79 Å². The van der Waals surface area contributed by atoms with Crippen LogP contribution in [0.25, 0.3) is 0 Å². The average molecular weight is 311 g/mol. The summed E-state index contributed by atoms with van der Waals surface area (Å²) in [6, 6.07) is 12.2. The summed E-state index contributed by atoms with van der Waals surface area (Å²) in [5.74, 6) is -0.237. The van der Waals surface area contributed by atoms with Crippen LogP contribution >= 0.6 is 35.2 Å². The molecule has 0 saturated carbocycles. The zero-order chi connectivity index (χ0) is 13.8. The maximum Gasteiger partial charge on any atom is 0.262 e. The maximum atomic E-state index is 12.1. The third-order valence-electron chi connectivity index (χ3n) is 2.49. The topological polar surface area (TPSA) is 55.1 Å². The predicted octanol–water partition coefficient (Wildman–Crippen LogP) is 3.16. The van der Waals surface area contributed by atoms with Crippen LogP contribution in [0.15, 0.2) is 42.5 Å². The molecule has 1 aromatic heterocycles. The zero-order valence-electron chi connectivity index (χ0n) is 9.80. The molecule has 2 aromatic rings. The van der Waals surface area contributed by atoms with E-state index in [1.165, 1.54) is 11.3 Å². The van der Waals surface area contributed by atoms with Crippen LogP contribution in [0, 0.1) is 0 Å². The minimum absolute atomic E-state index is 0.224. The van der Waals surface area contributed by atoms with E-state index >= 15 is 0 Å². The van der Waals surface area contributed by atoms with Crippen LogP contribution in [0.4, 0.5) is 0 Å². The minimum Gasteiger partial charge on any atom is -0.391 e. The Labute approximate surface area is 125 Å². The predicted molar refractivity (Wildman–Crippen MR) is 82.8 cm³/mol. The third kappa shape index (κ3) is 3.53. The number of rotatable bonds is 4. The fourth-order valence-corrected chi connectivity index (χ4v) is 2.74. The molecule has 2 rings (SSSR count). The van der Waals surface area contributed by atoms with E-state index in [-0.39, 0.29) is 10.9 Å². The molecule has 3 nitrogen and oxygen atoms in total. The van der Waals surface area contributed by atoms with Gasteiger partial charge in [0.05, 0.1) is 9.21 Å². The SMILES string of the molecule is NC(=S)C(NC(=O)c1ccc(Cl)s1)c1ccccc1. The number of thiophene rings is 1. The van der Waals surface area contributed by atoms with Crippen molar-refractivity contribution in [2.75, 3.05) is 0 Å². The van der Waals surface area contributed by atoms with Crippen LogP contribution in [0.3, 0.4) is 0 Å². The summed E-state index contributed by atoms with van der Waals surface area (Å²) in [7, 11) is 0. The molecule has 0 radical (unpaired) electrons. The summed E-state index contributed by atoms with van der Waals surface area (Å²) >= 11 is 12.0. The van der Waals surface area contributed by atoms with Gasteiger partial charge in [-0.1, -0.05) is 54.2 Å². The molecule has 0 spiro atoms. The normalized spacial score (nSPS) is 11.8. The second-order valence-electron chi connectivity index (χ2n) is 3.82. The van der Waals surface area contributed by atoms with Gasteiger partial charge >= 0.3 is 0 Å². The maximum absolute atomic E-state index is 12.1. The van der Waals surface area contributed by atoms with Gasteiger partial charge in [0.15, 0.2) is 0 Å². The average Bonchev–Trinajstić information content (AvgIpc) is 2.83. The van der Waals surface area contributed by atoms with Crippen LogP contribution in [0.1, 0.15) is 21.3 Å². The van der Waals surface area contributed by atoms with Gasteiger partial charge in [-0.05, 0) is 17.7 Å². The summed E-state index contributed by atoms with van der Waals surface area (Å²) in [6.45, 7) is 0. The van der Waals surface area contributed by atoms with E-state index in [9.17, 15) is 4.79 Å². The van der Waals surface area contributed by atoms with E-state index in [0.29, 0.717) is 9.21 Å². The van der Waals surface area contributed by atoms with E-state index in [1.807, 2.05) is 30.3 Å². The van der Waals surface area contributed by atoms with Gasteiger partial charge in [0.25, 0.3) is 5.91 Å². The van der Waals surface area contributed by atoms with Gasteiger partial charge in [0.2, 0.25) is 0 Å². The first-order valence-corrected chi connectivity index (χ1v) is 7.08. The molecule has 1 aromatic carbocycles. The number of amides is 1. The van der Waals surface area contributed by atoms with Gasteiger partial charge in [0.1, 0.15) is 11.0 Å². The fraction of sp³-hybridized carbons (Fsp3) is 0.0769. The fourth-order valence-electron chi connectivity index (χ4n) is 1.60. The molecule has 0 aliphatic carbocycles. The van der Waals surface area contributed by atoms with Gasteiger partial charge in [-0.2, -0.15) is 0 Å². The zero-order valence-corrected chi connectivity index (χ0v) is 12.2. The molecule has 98 valence electrons. The third-order valence-corrected chi connectivity index (χ3v) is 3.96. The Bertz CT molecular complexity index is 598. The number of hydrogen-bond donors (Lipinski definition) is 2. The van der Waals surface area contributed by atoms with Crippen molar-refractivity contribution in [3.63, 3.8) is 0 Å². The van der Waals surface area contributed by atoms with Crippen molar-refractivity contribution < 1.29 is 4.79 Å². The number of nitrogens with two attached hydrogens (primary N) is 1. The standard InChI is InChI=1S/C13H11ClN2OS2/c14-10-7-6-9(19-10)13(17)16-11(12(15)18)8-4-2-1-3-5-8/h1-7,11H,(H2,15,18)(H,16,17). The number of nitrogens with one attached hydrogen (secondary N) is 1. The molecule has 0 aliphatic heterocycles. The van der Waals surface area contributed by atoms with Crippen molar-refractivity contribution >= 4 is 46.1 Å². The van der Waals surface area contributed by atoms with Crippen molar-refractivity contribution in [3.8, 4) is 0 Å². The summed E-state index contributed by atoms with van der Waals surface area (Å²) < 4.78 is 0.566. The van der Waals surface area contributed by atoms with Gasteiger partial charge in [-0.25, -0.2) is 0 Å². The highest BCUT2D eigenvalue weighted by atomic mass is 35.5. The molecule has 19 heavy (non-hydrogen) atoms. The second kappa shape index (κ2) is 6.14. The summed E-state index contributed by atoms with van der Waals surface area (Å²) in [5, 5.41) is 2.81. The Hall–Kier alpha value is -1.43. The van der Waals surface area contributed by atoms with Crippen LogP contribution in [0.2, 0.25) is 4.34 Å². The second-order valence-corrected chi connectivity index (χ2v) is 6.01. The lowest BCUT2D eigenvalue weighted by Gasteiger charge is -2.17. The molecule has 0 bridgehead atoms. The Morgan fingerprint density at radius 1 is 1.26 bits per heavy atom. The van der Waals surface area contributed by atoms with E-state index in [4.69, 9.17) is 29.6 Å². The number of carbonyl (C=O) groups is 1. The highest BCUT2D eigenvalue weighted by molar-refractivity contribution is 7.80. The number of hydrogen-bond acceptors (Lipinski definition) is 3. The summed E-state index contributed by atoms with van der Waals surface area (Å²) in [4.78, 5) is 12.8. The van der Waals surface area contributed by atoms with Crippen molar-refractivity contribution in [2.45, 2.75) is 6.04 Å². The highest BCUT2D eigenvalue weighted by Crippen LogP contribution is 2.22. The molecular formula is C13H11ClN2OS2. The van der Waals surface area contributed by atoms with Crippen molar-refractivity contribution in [1.29, 1.82) is 0 Å². The number of carbonyl (C=O) groups excluding carboxylic acids is 1. The number of halogens is 1. The quantitative estimate of drug-likeness (QED) is 0.853. The minimum atomic E-state index is -0.482. The first kappa shape index (κ1) is 14.0. The lowest BCUT2D eigenvalue weighted by Crippen LogP contribution is -2.36. The Balaban J connectivity index is 2.18. The smallest absolute Gasteiger partial charge is 0.262 e. The van der Waals surface area contributed by atoms with E-state index in [0.717, 1.165) is 5.56 Å². The molecule has 1 unspecified atom stereocenters. The highest BCUT2D eigenvalue weighted by Gasteiger charge is 2.18. The molecule has 1 atom stereocenters. The van der Waals surface area contributed by atoms with E-state index < -0.39 is 6.04 Å². The molecule has 6 heteroatoms. The first-order chi connectivity index (χ1) is 9.08. The molecule has 3 N–H and O–H groups in total. The van der Waals surface area contributed by atoms with Crippen LogP contribution in [-0.4, -0.2) is 10.9 Å². The Morgan fingerprint density at radius 2 is 1.95 bits per heavy atom. The van der Waals surface area contributed by atoms with Crippen molar-refractivity contribution in [3.05, 3.63) is 57.2 Å². The van der Waals surface area contributed by atoms with Crippen molar-refractivity contribution in [2.24, 2.45) is 5.73 Å². The lowest BCUT2D eigenvalue weighted by molar-refractivity contribution is 0.0951. The van der Waals surface area contributed by atoms with Crippen molar-refractivity contribution in [1.82, 2.24) is 5.32 Å². The lowest BCUT2D eigenvalue weighted by atomic mass is 10.1. The molecule has 0 aliphatic rings. The Kier molecular flexibility index (Phi) is 4.52. The van der Waals surface area contributed by atoms with Crippen LogP contribution in [0.5, 0.6) is 0 Å². The van der Waals surface area contributed by atoms with Crippen LogP contribution in [-0.2, 0) is 0 Å². The largest absolute Gasteiger partial charge is 0.391 e.